The molecule has 0 radical (unpaired) electrons. The topological polar surface area (TPSA) is 111 Å². The first kappa shape index (κ1) is 50.5. The third-order valence-corrected chi connectivity index (χ3v) is 10.1. The number of allylic oxidation sites excluding steroid dienone is 3. The van der Waals surface area contributed by atoms with Gasteiger partial charge in [-0.05, 0) is 51.4 Å². The second-order valence-electron chi connectivity index (χ2n) is 15.4. The lowest BCUT2D eigenvalue weighted by Gasteiger charge is -2.28. The van der Waals surface area contributed by atoms with Crippen molar-refractivity contribution in [3.05, 3.63) is 24.8 Å². The highest BCUT2D eigenvalue weighted by atomic mass is 31.2. The van der Waals surface area contributed by atoms with E-state index in [1.54, 1.807) is 0 Å². The molecule has 0 amide bonds. The van der Waals surface area contributed by atoms with Crippen LogP contribution in [0.5, 0.6) is 0 Å². The molecule has 0 aromatic heterocycles. The van der Waals surface area contributed by atoms with Crippen LogP contribution in [0, 0.1) is 0 Å². The molecule has 0 spiro atoms. The molecule has 0 aromatic rings. The quantitative estimate of drug-likeness (QED) is 0.0200. The van der Waals surface area contributed by atoms with Crippen LogP contribution >= 0.6 is 7.82 Å². The summed E-state index contributed by atoms with van der Waals surface area (Å²) in [6.45, 7) is 5.72. The van der Waals surface area contributed by atoms with E-state index in [2.05, 4.69) is 25.7 Å². The van der Waals surface area contributed by atoms with Gasteiger partial charge in [0, 0.05) is 12.8 Å². The molecule has 0 N–H and O–H groups in total. The number of quaternary nitrogens is 1. The molecule has 0 aliphatic rings. The van der Waals surface area contributed by atoms with Crippen LogP contribution in [0.2, 0.25) is 0 Å². The van der Waals surface area contributed by atoms with Crippen molar-refractivity contribution in [2.45, 2.75) is 186 Å². The third kappa shape index (κ3) is 38.2. The first-order valence-electron chi connectivity index (χ1n) is 21.0. The Morgan fingerprint density at radius 1 is 0.635 bits per heavy atom. The van der Waals surface area contributed by atoms with Crippen molar-refractivity contribution in [1.29, 1.82) is 0 Å². The first-order valence-corrected chi connectivity index (χ1v) is 22.5. The van der Waals surface area contributed by atoms with E-state index in [1.165, 1.54) is 96.3 Å². The zero-order valence-electron chi connectivity index (χ0n) is 34.1. The maximum absolute atomic E-state index is 12.6. The van der Waals surface area contributed by atoms with E-state index in [4.69, 9.17) is 18.5 Å². The van der Waals surface area contributed by atoms with E-state index in [0.717, 1.165) is 51.4 Å². The van der Waals surface area contributed by atoms with E-state index < -0.39 is 32.5 Å². The predicted octanol–water partition coefficient (Wildman–Crippen LogP) is 10.9. The number of carbonyl (C=O) groups excluding carboxylic acids is 2. The highest BCUT2D eigenvalue weighted by Gasteiger charge is 2.21. The summed E-state index contributed by atoms with van der Waals surface area (Å²) < 4.78 is 33.8. The lowest BCUT2D eigenvalue weighted by molar-refractivity contribution is -0.870. The van der Waals surface area contributed by atoms with Crippen molar-refractivity contribution in [3.63, 3.8) is 0 Å². The standard InChI is InChI=1S/C42H80NO8P/c1-6-8-10-12-14-16-18-20-21-23-25-27-29-31-33-35-42(45)51-40(39-50-52(46,47)49-37-36-43(3,4)5)38-48-41(44)34-32-30-28-26-24-22-19-17-15-13-11-9-7-2/h6,22,24,40H,1,7-21,23,25-39H2,2-5H3/b24-22+/t40-/m1/s1. The SMILES string of the molecule is C=CCCCCCCCCCCCCCCCC(=O)O[C@H](COC(=O)CCCCC/C=C/CCCCCCCC)COP(=O)([O-])OCC[N+](C)(C)C. The average Bonchev–Trinajstić information content (AvgIpc) is 3.09. The number of carbonyl (C=O) groups is 2. The Morgan fingerprint density at radius 3 is 1.58 bits per heavy atom. The minimum atomic E-state index is -4.62. The van der Waals surface area contributed by atoms with Gasteiger partial charge in [-0.15, -0.1) is 6.58 Å². The second kappa shape index (κ2) is 35.2. The van der Waals surface area contributed by atoms with Gasteiger partial charge < -0.3 is 27.9 Å². The minimum absolute atomic E-state index is 0.0324. The largest absolute Gasteiger partial charge is 0.756 e. The van der Waals surface area contributed by atoms with Crippen molar-refractivity contribution in [2.24, 2.45) is 0 Å². The van der Waals surface area contributed by atoms with Crippen molar-refractivity contribution in [3.8, 4) is 0 Å². The molecule has 1 unspecified atom stereocenters. The van der Waals surface area contributed by atoms with E-state index in [0.29, 0.717) is 23.9 Å². The Hall–Kier alpha value is -1.51. The van der Waals surface area contributed by atoms with Gasteiger partial charge in [0.05, 0.1) is 27.7 Å². The number of esters is 2. The predicted molar refractivity (Wildman–Crippen MR) is 213 cm³/mol. The van der Waals surface area contributed by atoms with Crippen LogP contribution < -0.4 is 4.89 Å². The molecule has 9 nitrogen and oxygen atoms in total. The van der Waals surface area contributed by atoms with Crippen molar-refractivity contribution in [2.75, 3.05) is 47.5 Å². The van der Waals surface area contributed by atoms with Gasteiger partial charge >= 0.3 is 11.9 Å². The van der Waals surface area contributed by atoms with E-state index in [9.17, 15) is 19.0 Å². The zero-order chi connectivity index (χ0) is 38.6. The highest BCUT2D eigenvalue weighted by molar-refractivity contribution is 7.45. The Kier molecular flexibility index (Phi) is 34.2. The van der Waals surface area contributed by atoms with Crippen LogP contribution in [0.4, 0.5) is 0 Å². The number of phosphoric acid groups is 1. The molecule has 0 saturated carbocycles. The zero-order valence-corrected chi connectivity index (χ0v) is 35.0. The molecule has 0 fully saturated rings. The second-order valence-corrected chi connectivity index (χ2v) is 16.8. The Morgan fingerprint density at radius 2 is 1.08 bits per heavy atom. The molecular weight excluding hydrogens is 677 g/mol. The summed E-state index contributed by atoms with van der Waals surface area (Å²) in [6, 6.07) is 0. The van der Waals surface area contributed by atoms with Crippen LogP contribution in [0.25, 0.3) is 0 Å². The molecule has 0 aliphatic carbocycles. The number of unbranched alkanes of at least 4 members (excludes halogenated alkanes) is 22. The van der Waals surface area contributed by atoms with Crippen LogP contribution in [-0.4, -0.2) is 70.0 Å². The third-order valence-electron chi connectivity index (χ3n) is 9.09. The number of ether oxygens (including phenoxy) is 2. The molecule has 0 heterocycles. The van der Waals surface area contributed by atoms with Gasteiger partial charge in [0.25, 0.3) is 7.82 Å². The maximum atomic E-state index is 12.6. The summed E-state index contributed by atoms with van der Waals surface area (Å²) in [7, 11) is 1.16. The maximum Gasteiger partial charge on any atom is 0.306 e. The number of hydrogen-bond donors (Lipinski definition) is 0. The molecule has 2 atom stereocenters. The van der Waals surface area contributed by atoms with E-state index >= 15 is 0 Å². The molecular formula is C42H80NO8P. The summed E-state index contributed by atoms with van der Waals surface area (Å²) in [5.41, 5.74) is 0. The van der Waals surface area contributed by atoms with Crippen molar-refractivity contribution < 1.29 is 42.1 Å². The molecule has 0 saturated heterocycles. The Bertz CT molecular complexity index is 935. The van der Waals surface area contributed by atoms with Gasteiger partial charge in [-0.3, -0.25) is 14.2 Å². The van der Waals surface area contributed by atoms with Crippen LogP contribution in [-0.2, 0) is 32.7 Å². The van der Waals surface area contributed by atoms with Crippen molar-refractivity contribution in [1.82, 2.24) is 0 Å². The summed E-state index contributed by atoms with van der Waals surface area (Å²) in [4.78, 5) is 37.4. The first-order chi connectivity index (χ1) is 25.0. The lowest BCUT2D eigenvalue weighted by atomic mass is 10.0. The number of hydrogen-bond acceptors (Lipinski definition) is 8. The van der Waals surface area contributed by atoms with Crippen molar-refractivity contribution >= 4 is 19.8 Å². The molecule has 0 aromatic carbocycles. The normalized spacial score (nSPS) is 13.6. The summed E-state index contributed by atoms with van der Waals surface area (Å²) in [6.07, 6.45) is 35.2. The lowest BCUT2D eigenvalue weighted by Crippen LogP contribution is -2.37. The monoisotopic (exact) mass is 758 g/mol. The summed E-state index contributed by atoms with van der Waals surface area (Å²) >= 11 is 0. The van der Waals surface area contributed by atoms with E-state index in [-0.39, 0.29) is 26.1 Å². The van der Waals surface area contributed by atoms with Crippen LogP contribution in [0.15, 0.2) is 24.8 Å². The van der Waals surface area contributed by atoms with Gasteiger partial charge in [0.2, 0.25) is 0 Å². The molecule has 0 rings (SSSR count). The van der Waals surface area contributed by atoms with Gasteiger partial charge in [-0.1, -0.05) is 134 Å². The molecule has 10 heteroatoms. The number of phosphoric ester groups is 1. The van der Waals surface area contributed by atoms with E-state index in [1.807, 2.05) is 27.2 Å². The fraction of sp³-hybridized carbons (Fsp3) is 0.857. The molecule has 306 valence electrons. The Balaban J connectivity index is 4.38. The van der Waals surface area contributed by atoms with Gasteiger partial charge in [0.15, 0.2) is 6.10 Å². The smallest absolute Gasteiger partial charge is 0.306 e. The fourth-order valence-electron chi connectivity index (χ4n) is 5.75. The van der Waals surface area contributed by atoms with Gasteiger partial charge in [0.1, 0.15) is 19.8 Å². The van der Waals surface area contributed by atoms with Crippen LogP contribution in [0.3, 0.4) is 0 Å². The fourth-order valence-corrected chi connectivity index (χ4v) is 6.47. The number of likely N-dealkylation sites (N-methyl/N-ethyl adjacent to an activating group) is 1. The van der Waals surface area contributed by atoms with Crippen LogP contribution in [0.1, 0.15) is 180 Å². The minimum Gasteiger partial charge on any atom is -0.756 e. The van der Waals surface area contributed by atoms with Gasteiger partial charge in [-0.2, -0.15) is 0 Å². The van der Waals surface area contributed by atoms with Gasteiger partial charge in [-0.25, -0.2) is 0 Å². The number of nitrogens with zero attached hydrogens (tertiary/aromatic N) is 1. The molecule has 0 bridgehead atoms. The molecule has 52 heavy (non-hydrogen) atoms. The highest BCUT2D eigenvalue weighted by Crippen LogP contribution is 2.38. The summed E-state index contributed by atoms with van der Waals surface area (Å²) in [5.74, 6) is -0.853. The average molecular weight is 758 g/mol. The Labute approximate surface area is 319 Å². The number of rotatable bonds is 39. The molecule has 0 aliphatic heterocycles. The summed E-state index contributed by atoms with van der Waals surface area (Å²) in [5, 5.41) is 0.